The molecule has 1 saturated carbocycles. The van der Waals surface area contributed by atoms with Gasteiger partial charge in [-0.2, -0.15) is 9.97 Å². The number of piperidine rings is 3. The lowest BCUT2D eigenvalue weighted by atomic mass is 9.86. The number of aromatic hydroxyl groups is 1. The number of ether oxygens (including phenoxy) is 2. The zero-order valence-electron chi connectivity index (χ0n) is 39.7. The van der Waals surface area contributed by atoms with E-state index in [0.717, 1.165) is 116 Å². The molecule has 11 rings (SSSR count). The van der Waals surface area contributed by atoms with E-state index in [-0.39, 0.29) is 58.4 Å². The van der Waals surface area contributed by atoms with Gasteiger partial charge in [0.2, 0.25) is 11.8 Å². The highest BCUT2D eigenvalue weighted by Gasteiger charge is 2.46. The van der Waals surface area contributed by atoms with Crippen molar-refractivity contribution in [1.82, 2.24) is 40.4 Å². The Morgan fingerprint density at radius 3 is 2.46 bits per heavy atom. The molecular weight excluding hydrogens is 899 g/mol. The first-order valence-corrected chi connectivity index (χ1v) is 25.1. The van der Waals surface area contributed by atoms with E-state index in [1.165, 1.54) is 12.1 Å². The second-order valence-corrected chi connectivity index (χ2v) is 20.5. The number of phenolic OH excluding ortho intramolecular Hbond substituents is 1. The number of piperazine rings is 1. The number of aryl methyl sites for hydroxylation is 1. The highest BCUT2D eigenvalue weighted by molar-refractivity contribution is 6.04. The van der Waals surface area contributed by atoms with Gasteiger partial charge in [-0.05, 0) is 117 Å². The Morgan fingerprint density at radius 1 is 0.929 bits per heavy atom. The number of halogens is 2. The summed E-state index contributed by atoms with van der Waals surface area (Å²) in [5, 5.41) is 17.3. The molecule has 18 heteroatoms. The highest BCUT2D eigenvalue weighted by Crippen LogP contribution is 2.48. The van der Waals surface area contributed by atoms with Crippen LogP contribution in [0, 0.1) is 23.0 Å². The Bertz CT molecular complexity index is 2830. The maximum Gasteiger partial charge on any atom is 0.319 e. The number of pyridine rings is 2. The van der Waals surface area contributed by atoms with Crippen LogP contribution in [0.15, 0.2) is 48.8 Å². The third-order valence-electron chi connectivity index (χ3n) is 15.7. The van der Waals surface area contributed by atoms with Crippen LogP contribution in [0.5, 0.6) is 11.8 Å². The number of nitrogens with one attached hydrogen (secondary N) is 2. The Hall–Kier alpha value is -6.11. The van der Waals surface area contributed by atoms with Crippen molar-refractivity contribution in [2.24, 2.45) is 11.3 Å². The van der Waals surface area contributed by atoms with Gasteiger partial charge in [0.15, 0.2) is 5.82 Å². The number of fused-ring (bicyclic) bond motifs is 2. The van der Waals surface area contributed by atoms with Crippen LogP contribution in [-0.4, -0.2) is 143 Å². The smallest absolute Gasteiger partial charge is 0.319 e. The molecule has 1 spiro atoms. The maximum atomic E-state index is 17.2. The van der Waals surface area contributed by atoms with Crippen molar-refractivity contribution in [3.8, 4) is 23.0 Å². The number of nitrogens with zero attached hydrogens (tertiary/aromatic N) is 8. The van der Waals surface area contributed by atoms with Gasteiger partial charge >= 0.3 is 6.01 Å². The number of likely N-dealkylation sites (tertiary alicyclic amines) is 1. The Morgan fingerprint density at radius 2 is 1.74 bits per heavy atom. The minimum absolute atomic E-state index is 0.0231. The highest BCUT2D eigenvalue weighted by atomic mass is 19.1. The molecule has 6 fully saturated rings. The number of phenols is 1. The molecule has 5 aromatic rings. The van der Waals surface area contributed by atoms with Gasteiger partial charge in [0.25, 0.3) is 5.91 Å². The Labute approximate surface area is 405 Å². The molecular formula is C52H60F2N10O6. The molecule has 8 heterocycles. The lowest BCUT2D eigenvalue weighted by molar-refractivity contribution is -0.151. The van der Waals surface area contributed by atoms with E-state index in [2.05, 4.69) is 40.2 Å². The number of carbonyl (C=O) groups excluding carboxylic acids is 3. The summed E-state index contributed by atoms with van der Waals surface area (Å²) in [4.78, 5) is 64.6. The number of carbonyl (C=O) groups is 3. The van der Waals surface area contributed by atoms with E-state index in [1.54, 1.807) is 30.6 Å². The predicted molar refractivity (Wildman–Crippen MR) is 259 cm³/mol. The van der Waals surface area contributed by atoms with Crippen LogP contribution < -0.4 is 25.2 Å². The molecule has 16 nitrogen and oxygen atoms in total. The molecule has 3 amide bonds. The first-order chi connectivity index (χ1) is 33.9. The fraction of sp³-hybridized carbons (Fsp3) is 0.519. The summed E-state index contributed by atoms with van der Waals surface area (Å²) < 4.78 is 45.0. The number of imide groups is 1. The van der Waals surface area contributed by atoms with Crippen molar-refractivity contribution in [2.75, 3.05) is 88.5 Å². The minimum Gasteiger partial charge on any atom is -0.508 e. The van der Waals surface area contributed by atoms with Crippen LogP contribution in [0.4, 0.5) is 20.3 Å². The summed E-state index contributed by atoms with van der Waals surface area (Å²) in [5.41, 5.74) is 1.67. The second kappa shape index (κ2) is 18.9. The Kier molecular flexibility index (Phi) is 12.5. The number of rotatable bonds is 13. The summed E-state index contributed by atoms with van der Waals surface area (Å²) in [5.74, 6) is -1.23. The van der Waals surface area contributed by atoms with Crippen molar-refractivity contribution in [3.63, 3.8) is 0 Å². The number of hydrogen-bond donors (Lipinski definition) is 3. The molecule has 5 saturated heterocycles. The van der Waals surface area contributed by atoms with Crippen molar-refractivity contribution in [2.45, 2.75) is 82.8 Å². The van der Waals surface area contributed by atoms with E-state index >= 15 is 8.78 Å². The van der Waals surface area contributed by atoms with E-state index in [4.69, 9.17) is 19.4 Å². The lowest BCUT2D eigenvalue weighted by Gasteiger charge is -2.48. The standard InChI is InChI=1S/C52H60F2N10O6/c1-2-36-39(53)6-4-33-24-35(65)25-37(43(33)36)45-44(54)46-38(27-56-45)47(64-16-3-12-52(30-64)15-23-70-52)60-50(59-46)69-31-51(13-14-51)29-62-17-10-32(11-18-62)28-61-19-21-63(22-20-61)34-5-7-40(55-26-34)48(67)57-41-8-9-42(66)58-49(41)68/h4-7,24-27,32,41,65H,2-3,8-23,28-31H2,1H3,(H,57,67)(H,58,66,68). The SMILES string of the molecule is CCc1c(F)ccc2cc(O)cc(-c3ncc4c(N5CCCC6(CCO6)C5)nc(OCC5(CN6CCC(CN7CCN(c8ccc(C(=O)NC9CCC(=O)NC9=O)nc8)CC7)CC6)CC5)nc4c3F)c12. The summed E-state index contributed by atoms with van der Waals surface area (Å²) in [6.45, 7) is 12.0. The fourth-order valence-electron chi connectivity index (χ4n) is 11.4. The monoisotopic (exact) mass is 958 g/mol. The van der Waals surface area contributed by atoms with Crippen LogP contribution in [0.1, 0.15) is 80.8 Å². The maximum absolute atomic E-state index is 17.2. The largest absolute Gasteiger partial charge is 0.508 e. The molecule has 5 aliphatic heterocycles. The third kappa shape index (κ3) is 9.32. The third-order valence-corrected chi connectivity index (χ3v) is 15.7. The van der Waals surface area contributed by atoms with Crippen LogP contribution in [0.3, 0.4) is 0 Å². The second-order valence-electron chi connectivity index (χ2n) is 20.5. The summed E-state index contributed by atoms with van der Waals surface area (Å²) in [6, 6.07) is 8.92. The number of anilines is 2. The molecule has 2 atom stereocenters. The molecule has 3 N–H and O–H groups in total. The molecule has 0 radical (unpaired) electrons. The number of amides is 3. The molecule has 1 aliphatic carbocycles. The topological polar surface area (TPSA) is 178 Å². The first kappa shape index (κ1) is 46.3. The van der Waals surface area contributed by atoms with Gasteiger partial charge in [-0.3, -0.25) is 29.6 Å². The summed E-state index contributed by atoms with van der Waals surface area (Å²) in [7, 11) is 0. The average Bonchev–Trinajstić information content (AvgIpc) is 4.13. The quantitative estimate of drug-likeness (QED) is 0.121. The average molecular weight is 959 g/mol. The molecule has 70 heavy (non-hydrogen) atoms. The fourth-order valence-corrected chi connectivity index (χ4v) is 11.4. The van der Waals surface area contributed by atoms with Crippen molar-refractivity contribution < 1.29 is 37.7 Å². The van der Waals surface area contributed by atoms with Crippen molar-refractivity contribution in [1.29, 1.82) is 0 Å². The molecule has 2 unspecified atom stereocenters. The summed E-state index contributed by atoms with van der Waals surface area (Å²) in [6.07, 6.45) is 11.3. The molecule has 368 valence electrons. The zero-order chi connectivity index (χ0) is 48.1. The van der Waals surface area contributed by atoms with Gasteiger partial charge in [-0.25, -0.2) is 13.8 Å². The number of aromatic nitrogens is 4. The number of benzene rings is 2. The van der Waals surface area contributed by atoms with Crippen molar-refractivity contribution >= 4 is 50.9 Å². The van der Waals surface area contributed by atoms with Crippen molar-refractivity contribution in [3.05, 3.63) is 71.7 Å². The van der Waals surface area contributed by atoms with Crippen LogP contribution in [-0.2, 0) is 20.7 Å². The number of hydrogen-bond acceptors (Lipinski definition) is 14. The van der Waals surface area contributed by atoms with Gasteiger partial charge in [0, 0.05) is 82.4 Å². The molecule has 6 aliphatic rings. The van der Waals surface area contributed by atoms with Crippen LogP contribution in [0.2, 0.25) is 0 Å². The zero-order valence-corrected chi connectivity index (χ0v) is 39.7. The predicted octanol–water partition coefficient (Wildman–Crippen LogP) is 5.77. The normalized spacial score (nSPS) is 23.2. The van der Waals surface area contributed by atoms with Gasteiger partial charge in [0.1, 0.15) is 40.3 Å². The molecule has 0 bridgehead atoms. The minimum atomic E-state index is -0.745. The summed E-state index contributed by atoms with van der Waals surface area (Å²) >= 11 is 0. The van der Waals surface area contributed by atoms with Gasteiger partial charge in [0.05, 0.1) is 36.1 Å². The lowest BCUT2D eigenvalue weighted by Crippen LogP contribution is -2.56. The van der Waals surface area contributed by atoms with Crippen LogP contribution >= 0.6 is 0 Å². The Balaban J connectivity index is 0.718. The van der Waals surface area contributed by atoms with Gasteiger partial charge < -0.3 is 34.6 Å². The molecule has 2 aromatic carbocycles. The van der Waals surface area contributed by atoms with E-state index in [0.29, 0.717) is 58.6 Å². The molecule has 3 aromatic heterocycles. The van der Waals surface area contributed by atoms with E-state index in [1.807, 2.05) is 13.0 Å². The van der Waals surface area contributed by atoms with Gasteiger partial charge in [-0.15, -0.1) is 0 Å². The van der Waals surface area contributed by atoms with Gasteiger partial charge in [-0.1, -0.05) is 13.0 Å². The van der Waals surface area contributed by atoms with E-state index in [9.17, 15) is 19.5 Å². The van der Waals surface area contributed by atoms with E-state index < -0.39 is 29.5 Å². The van der Waals surface area contributed by atoms with Crippen LogP contribution in [0.25, 0.3) is 32.9 Å². The first-order valence-electron chi connectivity index (χ1n) is 25.1.